The molecule has 0 saturated carbocycles. The molecule has 0 aliphatic heterocycles. The second kappa shape index (κ2) is 26.4. The molecule has 3 rings (SSSR count). The number of carbonyl (C=O) groups is 2. The molecule has 3 aromatic rings. The Labute approximate surface area is 319 Å². The monoisotopic (exact) mass is 736 g/mol. The van der Waals surface area contributed by atoms with Crippen molar-refractivity contribution in [1.29, 1.82) is 0 Å². The number of fused-ring (bicyclic) bond motifs is 2. The molecule has 0 fully saturated rings. The fraction of sp³-hybridized carbons (Fsp3) is 0.644. The normalized spacial score (nSPS) is 12.5. The summed E-state index contributed by atoms with van der Waals surface area (Å²) in [4.78, 5) is 25.5. The lowest BCUT2D eigenvalue weighted by Crippen LogP contribution is -2.30. The van der Waals surface area contributed by atoms with Gasteiger partial charge in [-0.3, -0.25) is 9.59 Å². The SMILES string of the molecule is CCCCCCCOCC(COc1c2ccccc2c(OCC(COCCCCCCC)OC(=O)CCCC)c2cc(C)ccc12)OC(=O)CCCC. The number of unbranched alkanes of at least 4 members (excludes halogenated alkanes) is 10. The van der Waals surface area contributed by atoms with Crippen molar-refractivity contribution in [3.8, 4) is 11.5 Å². The minimum absolute atomic E-state index is 0.159. The van der Waals surface area contributed by atoms with E-state index in [9.17, 15) is 9.59 Å². The molecule has 0 amide bonds. The van der Waals surface area contributed by atoms with E-state index in [1.54, 1.807) is 0 Å². The number of esters is 2. The third-order valence-electron chi connectivity index (χ3n) is 9.36. The van der Waals surface area contributed by atoms with E-state index in [2.05, 4.69) is 52.8 Å². The highest BCUT2D eigenvalue weighted by Crippen LogP contribution is 2.43. The molecule has 2 unspecified atom stereocenters. The van der Waals surface area contributed by atoms with Gasteiger partial charge in [-0.25, -0.2) is 0 Å². The molecule has 0 N–H and O–H groups in total. The first-order valence-electron chi connectivity index (χ1n) is 20.7. The number of hydrogen-bond donors (Lipinski definition) is 0. The first-order chi connectivity index (χ1) is 25.9. The summed E-state index contributed by atoms with van der Waals surface area (Å²) in [6, 6.07) is 14.2. The molecule has 0 bridgehead atoms. The smallest absolute Gasteiger partial charge is 0.306 e. The Morgan fingerprint density at radius 3 is 1.42 bits per heavy atom. The summed E-state index contributed by atoms with van der Waals surface area (Å²) in [5.74, 6) is 0.944. The lowest BCUT2D eigenvalue weighted by atomic mass is 9.99. The number of rotatable bonds is 30. The number of hydrogen-bond acceptors (Lipinski definition) is 8. The Morgan fingerprint density at radius 2 is 0.943 bits per heavy atom. The van der Waals surface area contributed by atoms with Crippen molar-refractivity contribution in [2.75, 3.05) is 39.6 Å². The van der Waals surface area contributed by atoms with E-state index in [1.165, 1.54) is 38.5 Å². The molecule has 0 aromatic heterocycles. The van der Waals surface area contributed by atoms with Gasteiger partial charge in [-0.05, 0) is 38.7 Å². The zero-order valence-electron chi connectivity index (χ0n) is 33.5. The molecular formula is C45H68O8. The van der Waals surface area contributed by atoms with Gasteiger partial charge in [-0.15, -0.1) is 0 Å². The minimum Gasteiger partial charge on any atom is -0.488 e. The van der Waals surface area contributed by atoms with Crippen molar-refractivity contribution in [2.45, 2.75) is 150 Å². The second-order valence-electron chi connectivity index (χ2n) is 14.3. The molecule has 53 heavy (non-hydrogen) atoms. The Balaban J connectivity index is 1.84. The molecule has 0 saturated heterocycles. The van der Waals surface area contributed by atoms with Gasteiger partial charge in [0.15, 0.2) is 12.2 Å². The minimum atomic E-state index is -0.542. The molecule has 0 aliphatic rings. The van der Waals surface area contributed by atoms with Crippen LogP contribution in [0.25, 0.3) is 21.5 Å². The highest BCUT2D eigenvalue weighted by atomic mass is 16.6. The van der Waals surface area contributed by atoms with Crippen molar-refractivity contribution in [1.82, 2.24) is 0 Å². The second-order valence-corrected chi connectivity index (χ2v) is 14.3. The van der Waals surface area contributed by atoms with Crippen molar-refractivity contribution >= 4 is 33.5 Å². The fourth-order valence-corrected chi connectivity index (χ4v) is 6.29. The van der Waals surface area contributed by atoms with Crippen molar-refractivity contribution < 1.29 is 38.0 Å². The van der Waals surface area contributed by atoms with Gasteiger partial charge in [0.25, 0.3) is 0 Å². The van der Waals surface area contributed by atoms with E-state index < -0.39 is 12.2 Å². The van der Waals surface area contributed by atoms with E-state index in [4.69, 9.17) is 28.4 Å². The van der Waals surface area contributed by atoms with Crippen LogP contribution in [0.3, 0.4) is 0 Å². The third kappa shape index (κ3) is 16.3. The van der Waals surface area contributed by atoms with Crippen molar-refractivity contribution in [3.63, 3.8) is 0 Å². The van der Waals surface area contributed by atoms with Crippen LogP contribution in [-0.2, 0) is 28.5 Å². The van der Waals surface area contributed by atoms with E-state index in [0.29, 0.717) is 37.6 Å². The van der Waals surface area contributed by atoms with E-state index in [0.717, 1.165) is 78.5 Å². The lowest BCUT2D eigenvalue weighted by molar-refractivity contribution is -0.155. The maximum absolute atomic E-state index is 12.7. The van der Waals surface area contributed by atoms with Gasteiger partial charge in [0.2, 0.25) is 0 Å². The topological polar surface area (TPSA) is 89.5 Å². The van der Waals surface area contributed by atoms with Gasteiger partial charge in [-0.1, -0.05) is 134 Å². The van der Waals surface area contributed by atoms with Crippen molar-refractivity contribution in [3.05, 3.63) is 48.0 Å². The van der Waals surface area contributed by atoms with Crippen LogP contribution in [-0.4, -0.2) is 63.8 Å². The molecule has 0 radical (unpaired) electrons. The molecule has 0 aliphatic carbocycles. The summed E-state index contributed by atoms with van der Waals surface area (Å²) in [6.45, 7) is 12.7. The fourth-order valence-electron chi connectivity index (χ4n) is 6.29. The Bertz CT molecular complexity index is 1470. The summed E-state index contributed by atoms with van der Waals surface area (Å²) in [5, 5.41) is 3.54. The maximum atomic E-state index is 12.7. The van der Waals surface area contributed by atoms with Crippen LogP contribution in [0.2, 0.25) is 0 Å². The lowest BCUT2D eigenvalue weighted by Gasteiger charge is -2.23. The summed E-state index contributed by atoms with van der Waals surface area (Å²) in [7, 11) is 0. The predicted molar refractivity (Wildman–Crippen MR) is 215 cm³/mol. The first kappa shape index (κ1) is 44.0. The number of ether oxygens (including phenoxy) is 6. The van der Waals surface area contributed by atoms with E-state index >= 15 is 0 Å². The Kier molecular flexibility index (Phi) is 22.0. The van der Waals surface area contributed by atoms with Crippen LogP contribution in [0.15, 0.2) is 42.5 Å². The average molecular weight is 737 g/mol. The quantitative estimate of drug-likeness (QED) is 0.0380. The molecule has 8 nitrogen and oxygen atoms in total. The largest absolute Gasteiger partial charge is 0.488 e. The number of carbonyl (C=O) groups excluding carboxylic acids is 2. The zero-order valence-corrected chi connectivity index (χ0v) is 33.5. The molecular weight excluding hydrogens is 668 g/mol. The maximum Gasteiger partial charge on any atom is 0.306 e. The van der Waals surface area contributed by atoms with Gasteiger partial charge < -0.3 is 28.4 Å². The molecule has 296 valence electrons. The van der Waals surface area contributed by atoms with Crippen molar-refractivity contribution in [2.24, 2.45) is 0 Å². The highest BCUT2D eigenvalue weighted by molar-refractivity contribution is 6.11. The first-order valence-corrected chi connectivity index (χ1v) is 20.7. The standard InChI is InChI=1S/C45H68O8/c1-6-10-14-16-20-28-48-31-36(52-42(46)24-12-8-3)33-50-44-38-22-18-19-23-39(38)45(41-30-35(5)26-27-40(41)44)51-34-37(53-43(47)25-13-9-4)32-49-29-21-17-15-11-7-2/h18-19,22-23,26-27,30,36-37H,6-17,20-21,24-25,28-29,31-34H2,1-5H3. The van der Waals surface area contributed by atoms with E-state index in [1.807, 2.05) is 24.3 Å². The Hall–Kier alpha value is -3.36. The number of aryl methyl sites for hydroxylation is 1. The third-order valence-corrected chi connectivity index (χ3v) is 9.36. The van der Waals surface area contributed by atoms with Gasteiger partial charge in [0.05, 0.1) is 13.2 Å². The van der Waals surface area contributed by atoms with Gasteiger partial charge in [-0.2, -0.15) is 0 Å². The highest BCUT2D eigenvalue weighted by Gasteiger charge is 2.22. The number of benzene rings is 3. The van der Waals surface area contributed by atoms with Gasteiger partial charge >= 0.3 is 11.9 Å². The molecule has 0 heterocycles. The summed E-state index contributed by atoms with van der Waals surface area (Å²) in [6.07, 6.45) is 14.6. The van der Waals surface area contributed by atoms with Crippen LogP contribution in [0.4, 0.5) is 0 Å². The average Bonchev–Trinajstić information content (AvgIpc) is 3.16. The zero-order chi connectivity index (χ0) is 38.1. The van der Waals surface area contributed by atoms with Gasteiger partial charge in [0.1, 0.15) is 24.7 Å². The van der Waals surface area contributed by atoms with Gasteiger partial charge in [0, 0.05) is 47.6 Å². The van der Waals surface area contributed by atoms with Crippen LogP contribution >= 0.6 is 0 Å². The molecule has 8 heteroatoms. The molecule has 2 atom stereocenters. The predicted octanol–water partition coefficient (Wildman–Crippen LogP) is 11.2. The van der Waals surface area contributed by atoms with E-state index in [-0.39, 0.29) is 38.4 Å². The Morgan fingerprint density at radius 1 is 0.509 bits per heavy atom. The summed E-state index contributed by atoms with van der Waals surface area (Å²) in [5.41, 5.74) is 1.08. The summed E-state index contributed by atoms with van der Waals surface area (Å²) >= 11 is 0. The van der Waals surface area contributed by atoms with Crippen LogP contribution in [0.5, 0.6) is 11.5 Å². The van der Waals surface area contributed by atoms with Crippen LogP contribution in [0, 0.1) is 6.92 Å². The molecule has 3 aromatic carbocycles. The van der Waals surface area contributed by atoms with Crippen LogP contribution in [0.1, 0.15) is 136 Å². The molecule has 0 spiro atoms. The summed E-state index contributed by atoms with van der Waals surface area (Å²) < 4.78 is 37.1. The van der Waals surface area contributed by atoms with Crippen LogP contribution < -0.4 is 9.47 Å².